The zero-order chi connectivity index (χ0) is 15.4. The Morgan fingerprint density at radius 3 is 2.59 bits per heavy atom. The molecule has 22 heavy (non-hydrogen) atoms. The van der Waals surface area contributed by atoms with E-state index in [0.717, 1.165) is 5.39 Å². The quantitative estimate of drug-likeness (QED) is 0.241. The van der Waals surface area contributed by atoms with Crippen LogP contribution in [0.25, 0.3) is 31.7 Å². The maximum atomic E-state index is 12.4. The summed E-state index contributed by atoms with van der Waals surface area (Å²) >= 11 is 19.4. The van der Waals surface area contributed by atoms with Gasteiger partial charge in [0.2, 0.25) is 5.43 Å². The van der Waals surface area contributed by atoms with Crippen molar-refractivity contribution in [1.82, 2.24) is 9.97 Å². The lowest BCUT2D eigenvalue weighted by molar-refractivity contribution is 1.38. The summed E-state index contributed by atoms with van der Waals surface area (Å²) in [6.07, 6.45) is 0. The van der Waals surface area contributed by atoms with E-state index in [1.807, 2.05) is 0 Å². The van der Waals surface area contributed by atoms with Gasteiger partial charge in [-0.1, -0.05) is 40.9 Å². The van der Waals surface area contributed by atoms with Gasteiger partial charge in [0.05, 0.1) is 16.1 Å². The molecule has 7 heteroatoms. The van der Waals surface area contributed by atoms with E-state index in [1.165, 1.54) is 11.3 Å². The van der Waals surface area contributed by atoms with Gasteiger partial charge in [0, 0.05) is 15.8 Å². The van der Waals surface area contributed by atoms with Gasteiger partial charge in [0.15, 0.2) is 0 Å². The summed E-state index contributed by atoms with van der Waals surface area (Å²) in [5, 5.41) is 2.17. The summed E-state index contributed by atoms with van der Waals surface area (Å²) in [7, 11) is 0. The standard InChI is InChI=1S/C15H5Cl3N2OS/c16-6-1-2-7-8(5-6)13(21)11(18)14-12(7)19-9-3-4-10(17)20-15(9)22-14/h1-5H. The lowest BCUT2D eigenvalue weighted by Crippen LogP contribution is -2.06. The molecule has 0 bridgehead atoms. The van der Waals surface area contributed by atoms with Crippen LogP contribution >= 0.6 is 46.1 Å². The van der Waals surface area contributed by atoms with Crippen molar-refractivity contribution in [3.05, 3.63) is 55.8 Å². The lowest BCUT2D eigenvalue weighted by Gasteiger charge is -2.11. The Kier molecular flexibility index (Phi) is 3.24. The third-order valence-electron chi connectivity index (χ3n) is 3.33. The van der Waals surface area contributed by atoms with Crippen LogP contribution in [0, 0.1) is 0 Å². The topological polar surface area (TPSA) is 42.9 Å². The molecule has 0 saturated carbocycles. The van der Waals surface area contributed by atoms with Crippen molar-refractivity contribution in [2.45, 2.75) is 0 Å². The molecule has 0 spiro atoms. The van der Waals surface area contributed by atoms with E-state index in [1.54, 1.807) is 30.3 Å². The molecule has 1 aliphatic carbocycles. The fraction of sp³-hybridized carbons (Fsp3) is 0. The minimum atomic E-state index is -0.258. The molecule has 2 heterocycles. The monoisotopic (exact) mass is 366 g/mol. The van der Waals surface area contributed by atoms with Gasteiger partial charge in [-0.2, -0.15) is 0 Å². The highest BCUT2D eigenvalue weighted by Crippen LogP contribution is 2.38. The number of halogens is 3. The predicted octanol–water partition coefficient (Wildman–Crippen LogP) is 5.27. The van der Waals surface area contributed by atoms with Crippen LogP contribution in [-0.4, -0.2) is 9.97 Å². The molecule has 1 aromatic carbocycles. The average Bonchev–Trinajstić information content (AvgIpc) is 2.51. The number of aromatic nitrogens is 2. The molecule has 0 unspecified atom stereocenters. The van der Waals surface area contributed by atoms with Crippen LogP contribution < -0.4 is 5.43 Å². The zero-order valence-electron chi connectivity index (χ0n) is 10.7. The van der Waals surface area contributed by atoms with Crippen LogP contribution in [0.5, 0.6) is 0 Å². The van der Waals surface area contributed by atoms with Crippen LogP contribution in [0.1, 0.15) is 0 Å². The van der Waals surface area contributed by atoms with E-state index >= 15 is 0 Å². The minimum absolute atomic E-state index is 0.131. The number of rotatable bonds is 0. The van der Waals surface area contributed by atoms with Gasteiger partial charge in [-0.25, -0.2) is 9.97 Å². The second-order valence-corrected chi connectivity index (χ2v) is 6.88. The van der Waals surface area contributed by atoms with Crippen molar-refractivity contribution in [2.24, 2.45) is 0 Å². The fourth-order valence-electron chi connectivity index (χ4n) is 2.35. The van der Waals surface area contributed by atoms with E-state index in [0.29, 0.717) is 36.5 Å². The van der Waals surface area contributed by atoms with Gasteiger partial charge < -0.3 is 0 Å². The first kappa shape index (κ1) is 14.2. The zero-order valence-corrected chi connectivity index (χ0v) is 13.8. The van der Waals surface area contributed by atoms with Crippen molar-refractivity contribution in [2.75, 3.05) is 0 Å². The second-order valence-electron chi connectivity index (χ2n) is 4.68. The molecule has 2 aliphatic rings. The van der Waals surface area contributed by atoms with Gasteiger partial charge in [-0.05, 0) is 24.3 Å². The molecule has 0 atom stereocenters. The first-order valence-corrected chi connectivity index (χ1v) is 8.17. The Labute approximate surface area is 143 Å². The van der Waals surface area contributed by atoms with Crippen LogP contribution in [0.3, 0.4) is 0 Å². The third kappa shape index (κ3) is 2.07. The highest BCUT2D eigenvalue weighted by Gasteiger charge is 2.20. The summed E-state index contributed by atoms with van der Waals surface area (Å²) in [4.78, 5) is 22.5. The number of benzene rings is 2. The van der Waals surface area contributed by atoms with Gasteiger partial charge in [-0.15, -0.1) is 11.3 Å². The first-order valence-electron chi connectivity index (χ1n) is 6.22. The Morgan fingerprint density at radius 1 is 0.955 bits per heavy atom. The minimum Gasteiger partial charge on any atom is -0.288 e. The van der Waals surface area contributed by atoms with Gasteiger partial charge in [-0.3, -0.25) is 4.79 Å². The first-order chi connectivity index (χ1) is 10.5. The Balaban J connectivity index is 2.28. The van der Waals surface area contributed by atoms with Crippen molar-refractivity contribution in [3.63, 3.8) is 0 Å². The van der Waals surface area contributed by atoms with Crippen LogP contribution in [-0.2, 0) is 0 Å². The van der Waals surface area contributed by atoms with Crippen molar-refractivity contribution < 1.29 is 0 Å². The summed E-state index contributed by atoms with van der Waals surface area (Å²) in [5.41, 5.74) is 1.11. The molecule has 1 aliphatic heterocycles. The Hall–Kier alpha value is -1.46. The average molecular weight is 368 g/mol. The number of hydrogen-bond donors (Lipinski definition) is 0. The molecule has 2 aromatic rings. The molecule has 0 N–H and O–H groups in total. The molecule has 0 amide bonds. The van der Waals surface area contributed by atoms with Crippen LogP contribution in [0.15, 0.2) is 35.1 Å². The summed E-state index contributed by atoms with van der Waals surface area (Å²) < 4.78 is 0. The Morgan fingerprint density at radius 2 is 1.77 bits per heavy atom. The van der Waals surface area contributed by atoms with E-state index in [2.05, 4.69) is 9.97 Å². The summed E-state index contributed by atoms with van der Waals surface area (Å²) in [6.45, 7) is 0. The smallest absolute Gasteiger partial charge is 0.206 e. The predicted molar refractivity (Wildman–Crippen MR) is 92.8 cm³/mol. The SMILES string of the molecule is O=c1c(Cl)c2sc3nc(Cl)ccc3nc-2c2ccc(Cl)cc12. The summed E-state index contributed by atoms with van der Waals surface area (Å²) in [5.74, 6) is 0. The fourth-order valence-corrected chi connectivity index (χ4v) is 4.02. The number of hydrogen-bond acceptors (Lipinski definition) is 4. The Bertz CT molecular complexity index is 1090. The highest BCUT2D eigenvalue weighted by molar-refractivity contribution is 7.21. The maximum absolute atomic E-state index is 12.4. The van der Waals surface area contributed by atoms with Gasteiger partial charge >= 0.3 is 0 Å². The molecule has 0 fully saturated rings. The maximum Gasteiger partial charge on any atom is 0.206 e. The largest absolute Gasteiger partial charge is 0.288 e. The van der Waals surface area contributed by atoms with E-state index in [4.69, 9.17) is 34.8 Å². The third-order valence-corrected chi connectivity index (χ3v) is 5.35. The molecule has 3 nitrogen and oxygen atoms in total. The normalized spacial score (nSPS) is 11.6. The molecule has 108 valence electrons. The number of fused-ring (bicyclic) bond motifs is 4. The van der Waals surface area contributed by atoms with Gasteiger partial charge in [0.1, 0.15) is 15.0 Å². The molecule has 4 rings (SSSR count). The van der Waals surface area contributed by atoms with Crippen molar-refractivity contribution in [1.29, 1.82) is 0 Å². The highest BCUT2D eigenvalue weighted by atomic mass is 35.5. The molecular formula is C15H5Cl3N2OS. The molecule has 1 aromatic heterocycles. The van der Waals surface area contributed by atoms with E-state index < -0.39 is 0 Å². The van der Waals surface area contributed by atoms with E-state index in [-0.39, 0.29) is 10.5 Å². The molecular weight excluding hydrogens is 363 g/mol. The molecule has 0 saturated heterocycles. The summed E-state index contributed by atoms with van der Waals surface area (Å²) in [6, 6.07) is 8.60. The number of nitrogens with zero attached hydrogens (tertiary/aromatic N) is 2. The van der Waals surface area contributed by atoms with Gasteiger partial charge in [0.25, 0.3) is 0 Å². The molecule has 0 radical (unpaired) electrons. The van der Waals surface area contributed by atoms with Crippen molar-refractivity contribution in [3.8, 4) is 10.6 Å². The van der Waals surface area contributed by atoms with E-state index in [9.17, 15) is 4.79 Å². The van der Waals surface area contributed by atoms with Crippen LogP contribution in [0.4, 0.5) is 0 Å². The van der Waals surface area contributed by atoms with Crippen LogP contribution in [0.2, 0.25) is 15.2 Å². The van der Waals surface area contributed by atoms with Crippen molar-refractivity contribution >= 4 is 67.3 Å². The number of pyridine rings is 1. The lowest BCUT2D eigenvalue weighted by atomic mass is 10.1. The second kappa shape index (κ2) is 5.03.